The third-order valence-corrected chi connectivity index (χ3v) is 9.03. The van der Waals surface area contributed by atoms with Crippen molar-refractivity contribution in [3.05, 3.63) is 64.0 Å². The lowest BCUT2D eigenvalue weighted by Crippen LogP contribution is -2.28. The van der Waals surface area contributed by atoms with E-state index in [1.807, 2.05) is 19.9 Å². The van der Waals surface area contributed by atoms with Gasteiger partial charge < -0.3 is 14.4 Å². The van der Waals surface area contributed by atoms with Crippen LogP contribution in [0.2, 0.25) is 0 Å². The molecule has 13 heteroatoms. The monoisotopic (exact) mass is 605 g/mol. The molecule has 2 aromatic carbocycles. The SMILES string of the molecule is CCN(CC)c1ccc2c(O)c(/C=C/C3=[N+](CCCS(=O)(=O)O)c4ccc(S(=O)(=O)O)cc4C3(C)C)c(=O)oc2c1. The van der Waals surface area contributed by atoms with Gasteiger partial charge in [0.15, 0.2) is 5.71 Å². The first-order valence-electron chi connectivity index (χ1n) is 13.0. The molecular weight excluding hydrogens is 572 g/mol. The number of hydrogen-bond acceptors (Lipinski definition) is 8. The number of aromatic hydroxyl groups is 1. The molecule has 11 nitrogen and oxygen atoms in total. The van der Waals surface area contributed by atoms with E-state index in [0.29, 0.717) is 22.3 Å². The fourth-order valence-electron chi connectivity index (χ4n) is 5.24. The van der Waals surface area contributed by atoms with Crippen LogP contribution >= 0.6 is 0 Å². The van der Waals surface area contributed by atoms with Crippen LogP contribution in [-0.2, 0) is 25.7 Å². The smallest absolute Gasteiger partial charge is 0.347 e. The molecule has 3 aromatic rings. The summed E-state index contributed by atoms with van der Waals surface area (Å²) in [6, 6.07) is 9.30. The summed E-state index contributed by atoms with van der Waals surface area (Å²) in [4.78, 5) is 14.7. The van der Waals surface area contributed by atoms with E-state index < -0.39 is 37.0 Å². The van der Waals surface area contributed by atoms with Crippen LogP contribution in [0.3, 0.4) is 0 Å². The van der Waals surface area contributed by atoms with Gasteiger partial charge in [0.1, 0.15) is 23.4 Å². The predicted octanol–water partition coefficient (Wildman–Crippen LogP) is 3.96. The molecule has 4 rings (SSSR count). The molecule has 0 saturated carbocycles. The van der Waals surface area contributed by atoms with Crippen LogP contribution in [0.1, 0.15) is 45.2 Å². The lowest BCUT2D eigenvalue weighted by atomic mass is 9.81. The highest BCUT2D eigenvalue weighted by molar-refractivity contribution is 7.86. The van der Waals surface area contributed by atoms with Crippen LogP contribution in [0.4, 0.5) is 11.4 Å². The van der Waals surface area contributed by atoms with Crippen molar-refractivity contribution in [2.24, 2.45) is 0 Å². The zero-order chi connectivity index (χ0) is 30.3. The summed E-state index contributed by atoms with van der Waals surface area (Å²) in [7, 11) is -8.71. The van der Waals surface area contributed by atoms with Crippen molar-refractivity contribution < 1.29 is 40.0 Å². The molecule has 0 spiro atoms. The lowest BCUT2D eigenvalue weighted by molar-refractivity contribution is -0.437. The molecule has 0 fully saturated rings. The molecule has 1 aromatic heterocycles. The Morgan fingerprint density at radius 1 is 1.00 bits per heavy atom. The molecule has 220 valence electrons. The van der Waals surface area contributed by atoms with Crippen molar-refractivity contribution in [2.75, 3.05) is 30.3 Å². The molecule has 41 heavy (non-hydrogen) atoms. The molecule has 0 unspecified atom stereocenters. The fourth-order valence-corrected chi connectivity index (χ4v) is 6.24. The molecular formula is C28H33N2O9S2+. The average molecular weight is 606 g/mol. The molecule has 0 atom stereocenters. The highest BCUT2D eigenvalue weighted by atomic mass is 32.2. The lowest BCUT2D eigenvalue weighted by Gasteiger charge is -2.21. The maximum absolute atomic E-state index is 13.0. The summed E-state index contributed by atoms with van der Waals surface area (Å²) in [6.07, 6.45) is 3.04. The van der Waals surface area contributed by atoms with Crippen LogP contribution in [0, 0.1) is 0 Å². The Morgan fingerprint density at radius 2 is 1.68 bits per heavy atom. The number of nitrogens with zero attached hydrogens (tertiary/aromatic N) is 2. The first kappa shape index (κ1) is 30.4. The van der Waals surface area contributed by atoms with Crippen molar-refractivity contribution in [3.8, 4) is 5.75 Å². The second-order valence-electron chi connectivity index (χ2n) is 10.3. The van der Waals surface area contributed by atoms with E-state index in [-0.39, 0.29) is 34.8 Å². The molecule has 2 heterocycles. The normalized spacial score (nSPS) is 15.2. The van der Waals surface area contributed by atoms with E-state index in [1.54, 1.807) is 36.6 Å². The van der Waals surface area contributed by atoms with E-state index in [4.69, 9.17) is 4.42 Å². The van der Waals surface area contributed by atoms with Gasteiger partial charge in [0.05, 0.1) is 21.4 Å². The van der Waals surface area contributed by atoms with E-state index in [0.717, 1.165) is 18.8 Å². The van der Waals surface area contributed by atoms with Crippen molar-refractivity contribution in [3.63, 3.8) is 0 Å². The summed E-state index contributed by atoms with van der Waals surface area (Å²) in [5.41, 5.74) is 1.03. The topological polar surface area (TPSA) is 165 Å². The number of anilines is 1. The third kappa shape index (κ3) is 6.08. The van der Waals surface area contributed by atoms with Gasteiger partial charge in [0.25, 0.3) is 20.2 Å². The molecule has 0 radical (unpaired) electrons. The molecule has 3 N–H and O–H groups in total. The Hall–Kier alpha value is -3.52. The number of rotatable bonds is 10. The minimum Gasteiger partial charge on any atom is -0.506 e. The highest BCUT2D eigenvalue weighted by Crippen LogP contribution is 2.41. The average Bonchev–Trinajstić information content (AvgIpc) is 3.08. The largest absolute Gasteiger partial charge is 0.506 e. The Balaban J connectivity index is 1.82. The Kier molecular flexibility index (Phi) is 8.20. The number of fused-ring (bicyclic) bond motifs is 2. The third-order valence-electron chi connectivity index (χ3n) is 7.38. The van der Waals surface area contributed by atoms with Crippen LogP contribution in [0.5, 0.6) is 5.75 Å². The molecule has 0 saturated heterocycles. The van der Waals surface area contributed by atoms with Gasteiger partial charge in [-0.1, -0.05) is 0 Å². The zero-order valence-electron chi connectivity index (χ0n) is 23.2. The van der Waals surface area contributed by atoms with Gasteiger partial charge in [-0.2, -0.15) is 21.4 Å². The van der Waals surface area contributed by atoms with E-state index in [9.17, 15) is 35.8 Å². The molecule has 0 amide bonds. The van der Waals surface area contributed by atoms with Crippen LogP contribution < -0.4 is 10.5 Å². The van der Waals surface area contributed by atoms with Gasteiger partial charge in [-0.05, 0) is 58.0 Å². The van der Waals surface area contributed by atoms with Gasteiger partial charge in [0.2, 0.25) is 5.69 Å². The summed E-state index contributed by atoms with van der Waals surface area (Å²) < 4.78 is 72.5. The predicted molar refractivity (Wildman–Crippen MR) is 157 cm³/mol. The zero-order valence-corrected chi connectivity index (χ0v) is 24.8. The highest BCUT2D eigenvalue weighted by Gasteiger charge is 2.45. The quantitative estimate of drug-likeness (QED) is 0.175. The summed E-state index contributed by atoms with van der Waals surface area (Å²) >= 11 is 0. The van der Waals surface area contributed by atoms with Gasteiger partial charge in [-0.3, -0.25) is 9.11 Å². The Bertz CT molecular complexity index is 1850. The minimum atomic E-state index is -4.49. The van der Waals surface area contributed by atoms with Gasteiger partial charge >= 0.3 is 5.63 Å². The summed E-state index contributed by atoms with van der Waals surface area (Å²) in [6.45, 7) is 9.26. The number of allylic oxidation sites excluding steroid dienone is 1. The van der Waals surface area contributed by atoms with Gasteiger partial charge in [-0.25, -0.2) is 4.79 Å². The van der Waals surface area contributed by atoms with Gasteiger partial charge in [0, 0.05) is 49.0 Å². The molecule has 0 bridgehead atoms. The second-order valence-corrected chi connectivity index (χ2v) is 13.3. The van der Waals surface area contributed by atoms with E-state index in [1.165, 1.54) is 24.3 Å². The minimum absolute atomic E-state index is 0.0456. The van der Waals surface area contributed by atoms with Crippen molar-refractivity contribution in [2.45, 2.75) is 44.4 Å². The van der Waals surface area contributed by atoms with Crippen molar-refractivity contribution in [1.82, 2.24) is 0 Å². The van der Waals surface area contributed by atoms with Crippen LogP contribution in [0.25, 0.3) is 17.0 Å². The van der Waals surface area contributed by atoms with E-state index >= 15 is 0 Å². The van der Waals surface area contributed by atoms with Crippen molar-refractivity contribution >= 4 is 54.4 Å². The maximum Gasteiger partial charge on any atom is 0.347 e. The first-order valence-corrected chi connectivity index (χ1v) is 16.1. The molecule has 0 aliphatic carbocycles. The maximum atomic E-state index is 13.0. The molecule has 1 aliphatic heterocycles. The number of hydrogen-bond donors (Lipinski definition) is 3. The van der Waals surface area contributed by atoms with Crippen LogP contribution in [-0.4, -0.2) is 66.7 Å². The standard InChI is InChI=1S/C28H32N2O9S2/c1-5-29(6-2)18-8-10-20-24(16-18)39-27(32)21(26(20)31)11-13-25-28(3,4)22-17-19(41(36,37)38)9-12-23(22)30(25)14-7-15-40(33,34)35/h8-13,16-17H,5-7,14-15H2,1-4H3,(H2,33,34,35,36,37,38)/p+1. The summed E-state index contributed by atoms with van der Waals surface area (Å²) in [5.74, 6) is -0.761. The van der Waals surface area contributed by atoms with Gasteiger partial charge in [-0.15, -0.1) is 0 Å². The molecule has 1 aliphatic rings. The number of benzene rings is 2. The van der Waals surface area contributed by atoms with E-state index in [2.05, 4.69) is 4.90 Å². The Morgan fingerprint density at radius 3 is 2.29 bits per heavy atom. The first-order chi connectivity index (χ1) is 19.1. The fraction of sp³-hybridized carbons (Fsp3) is 0.357. The van der Waals surface area contributed by atoms with Crippen LogP contribution in [0.15, 0.2) is 56.6 Å². The summed E-state index contributed by atoms with van der Waals surface area (Å²) in [5, 5.41) is 11.4. The van der Waals surface area contributed by atoms with Crippen molar-refractivity contribution in [1.29, 1.82) is 0 Å². The Labute approximate surface area is 238 Å². The second kappa shape index (κ2) is 11.0.